The van der Waals surface area contributed by atoms with Crippen molar-refractivity contribution < 1.29 is 9.90 Å². The molecule has 6 heteroatoms. The lowest BCUT2D eigenvalue weighted by Gasteiger charge is -2.27. The number of aromatic carboxylic acids is 1. The first-order valence-corrected chi connectivity index (χ1v) is 6.51. The molecule has 100 valence electrons. The summed E-state index contributed by atoms with van der Waals surface area (Å²) in [6.45, 7) is 2.66. The van der Waals surface area contributed by atoms with E-state index in [1.807, 2.05) is 0 Å². The van der Waals surface area contributed by atoms with Gasteiger partial charge < -0.3 is 10.8 Å². The highest BCUT2D eigenvalue weighted by Crippen LogP contribution is 2.32. The summed E-state index contributed by atoms with van der Waals surface area (Å²) in [6.07, 6.45) is 4.92. The Hall–Kier alpha value is -1.43. The van der Waals surface area contributed by atoms with Crippen molar-refractivity contribution in [1.29, 1.82) is 0 Å². The van der Waals surface area contributed by atoms with Crippen LogP contribution in [0.3, 0.4) is 0 Å². The van der Waals surface area contributed by atoms with Crippen LogP contribution in [0.15, 0.2) is 0 Å². The van der Waals surface area contributed by atoms with Gasteiger partial charge in [-0.3, -0.25) is 0 Å². The van der Waals surface area contributed by atoms with Gasteiger partial charge in [-0.1, -0.05) is 12.1 Å². The molecule has 6 nitrogen and oxygen atoms in total. The number of nitrogens with two attached hydrogens (primary N) is 1. The first kappa shape index (κ1) is 13.0. The van der Waals surface area contributed by atoms with Crippen molar-refractivity contribution >= 4 is 5.97 Å². The summed E-state index contributed by atoms with van der Waals surface area (Å²) in [6, 6.07) is 0.281. The van der Waals surface area contributed by atoms with Gasteiger partial charge in [0.1, 0.15) is 0 Å². The third-order valence-electron chi connectivity index (χ3n) is 3.71. The standard InChI is InChI=1S/C12H20N4O2/c1-8-2-4-9(5-3-8)16-10(6-7-13)11(12(17)18)14-15-16/h8-9H,2-7,13H2,1H3,(H,17,18). The Morgan fingerprint density at radius 3 is 2.67 bits per heavy atom. The molecule has 0 saturated heterocycles. The van der Waals surface area contributed by atoms with Crippen LogP contribution < -0.4 is 5.73 Å². The molecule has 1 heterocycles. The van der Waals surface area contributed by atoms with Crippen LogP contribution in [-0.4, -0.2) is 32.6 Å². The van der Waals surface area contributed by atoms with E-state index in [1.165, 1.54) is 0 Å². The zero-order valence-corrected chi connectivity index (χ0v) is 10.7. The zero-order valence-electron chi connectivity index (χ0n) is 10.7. The molecule has 0 atom stereocenters. The minimum atomic E-state index is -1.02. The first-order valence-electron chi connectivity index (χ1n) is 6.51. The molecule has 1 aromatic heterocycles. The number of carboxylic acids is 1. The van der Waals surface area contributed by atoms with Crippen molar-refractivity contribution in [2.45, 2.75) is 45.1 Å². The number of hydrogen-bond donors (Lipinski definition) is 2. The summed E-state index contributed by atoms with van der Waals surface area (Å²) in [5, 5.41) is 16.9. The maximum absolute atomic E-state index is 11.1. The van der Waals surface area contributed by atoms with Crippen molar-refractivity contribution in [3.8, 4) is 0 Å². The van der Waals surface area contributed by atoms with Crippen LogP contribution in [-0.2, 0) is 6.42 Å². The van der Waals surface area contributed by atoms with Gasteiger partial charge in [-0.2, -0.15) is 0 Å². The fourth-order valence-electron chi connectivity index (χ4n) is 2.63. The Morgan fingerprint density at radius 1 is 1.44 bits per heavy atom. The highest BCUT2D eigenvalue weighted by Gasteiger charge is 2.26. The van der Waals surface area contributed by atoms with Gasteiger partial charge in [-0.15, -0.1) is 5.10 Å². The average molecular weight is 252 g/mol. The summed E-state index contributed by atoms with van der Waals surface area (Å²) >= 11 is 0. The normalized spacial score (nSPS) is 24.1. The average Bonchev–Trinajstić information content (AvgIpc) is 2.74. The zero-order chi connectivity index (χ0) is 13.1. The summed E-state index contributed by atoms with van der Waals surface area (Å²) < 4.78 is 1.79. The fourth-order valence-corrected chi connectivity index (χ4v) is 2.63. The lowest BCUT2D eigenvalue weighted by atomic mass is 9.87. The van der Waals surface area contributed by atoms with Crippen LogP contribution in [0.5, 0.6) is 0 Å². The van der Waals surface area contributed by atoms with Crippen LogP contribution in [0.2, 0.25) is 0 Å². The Morgan fingerprint density at radius 2 is 2.11 bits per heavy atom. The molecule has 18 heavy (non-hydrogen) atoms. The van der Waals surface area contributed by atoms with Gasteiger partial charge in [0, 0.05) is 6.42 Å². The molecule has 2 rings (SSSR count). The van der Waals surface area contributed by atoms with E-state index in [-0.39, 0.29) is 11.7 Å². The molecule has 0 bridgehead atoms. The molecule has 0 amide bonds. The van der Waals surface area contributed by atoms with Crippen molar-refractivity contribution in [3.05, 3.63) is 11.4 Å². The van der Waals surface area contributed by atoms with Gasteiger partial charge in [-0.25, -0.2) is 9.48 Å². The van der Waals surface area contributed by atoms with Crippen molar-refractivity contribution in [1.82, 2.24) is 15.0 Å². The number of carbonyl (C=O) groups is 1. The van der Waals surface area contributed by atoms with E-state index in [9.17, 15) is 4.79 Å². The van der Waals surface area contributed by atoms with Crippen LogP contribution in [0, 0.1) is 5.92 Å². The van der Waals surface area contributed by atoms with Crippen LogP contribution in [0.25, 0.3) is 0 Å². The summed E-state index contributed by atoms with van der Waals surface area (Å²) in [7, 11) is 0. The molecule has 1 aliphatic carbocycles. The predicted molar refractivity (Wildman–Crippen MR) is 66.4 cm³/mol. The summed E-state index contributed by atoms with van der Waals surface area (Å²) in [4.78, 5) is 11.1. The monoisotopic (exact) mass is 252 g/mol. The Balaban J connectivity index is 2.24. The minimum absolute atomic E-state index is 0.0547. The molecular formula is C12H20N4O2. The van der Waals surface area contributed by atoms with Gasteiger partial charge >= 0.3 is 5.97 Å². The smallest absolute Gasteiger partial charge is 0.358 e. The molecule has 1 aromatic rings. The largest absolute Gasteiger partial charge is 0.476 e. The molecule has 1 saturated carbocycles. The fraction of sp³-hybridized carbons (Fsp3) is 0.750. The van der Waals surface area contributed by atoms with E-state index in [0.29, 0.717) is 18.7 Å². The number of rotatable bonds is 4. The summed E-state index contributed by atoms with van der Waals surface area (Å²) in [5.41, 5.74) is 6.27. The van der Waals surface area contributed by atoms with Crippen molar-refractivity contribution in [3.63, 3.8) is 0 Å². The topological polar surface area (TPSA) is 94.0 Å². The molecule has 1 aliphatic rings. The molecule has 0 unspecified atom stereocenters. The number of nitrogens with zero attached hydrogens (tertiary/aromatic N) is 3. The molecule has 3 N–H and O–H groups in total. The highest BCUT2D eigenvalue weighted by molar-refractivity contribution is 5.86. The Bertz CT molecular complexity index is 422. The second-order valence-electron chi connectivity index (χ2n) is 5.09. The van der Waals surface area contributed by atoms with E-state index in [4.69, 9.17) is 10.8 Å². The van der Waals surface area contributed by atoms with Gasteiger partial charge in [0.25, 0.3) is 0 Å². The minimum Gasteiger partial charge on any atom is -0.476 e. The number of aromatic nitrogens is 3. The molecular weight excluding hydrogens is 232 g/mol. The van der Waals surface area contributed by atoms with Crippen molar-refractivity contribution in [2.75, 3.05) is 6.54 Å². The van der Waals surface area contributed by atoms with Crippen LogP contribution in [0.1, 0.15) is 54.8 Å². The number of hydrogen-bond acceptors (Lipinski definition) is 4. The third kappa shape index (κ3) is 2.53. The van der Waals surface area contributed by atoms with E-state index < -0.39 is 5.97 Å². The summed E-state index contributed by atoms with van der Waals surface area (Å²) in [5.74, 6) is -0.268. The second kappa shape index (κ2) is 5.48. The second-order valence-corrected chi connectivity index (χ2v) is 5.09. The predicted octanol–water partition coefficient (Wildman–Crippen LogP) is 1.23. The number of carboxylic acid groups (broad SMARTS) is 1. The van der Waals surface area contributed by atoms with E-state index in [0.717, 1.165) is 31.6 Å². The van der Waals surface area contributed by atoms with Gasteiger partial charge in [0.05, 0.1) is 11.7 Å². The van der Waals surface area contributed by atoms with Gasteiger partial charge in [-0.05, 0) is 38.1 Å². The van der Waals surface area contributed by atoms with Gasteiger partial charge in [0.15, 0.2) is 5.69 Å². The van der Waals surface area contributed by atoms with Crippen LogP contribution >= 0.6 is 0 Å². The Labute approximate surface area is 106 Å². The van der Waals surface area contributed by atoms with E-state index >= 15 is 0 Å². The Kier molecular flexibility index (Phi) is 3.96. The lowest BCUT2D eigenvalue weighted by Crippen LogP contribution is -2.21. The maximum Gasteiger partial charge on any atom is 0.358 e. The van der Waals surface area contributed by atoms with E-state index in [2.05, 4.69) is 17.2 Å². The van der Waals surface area contributed by atoms with E-state index in [1.54, 1.807) is 4.68 Å². The van der Waals surface area contributed by atoms with Gasteiger partial charge in [0.2, 0.25) is 0 Å². The SMILES string of the molecule is CC1CCC(n2nnc(C(=O)O)c2CCN)CC1. The van der Waals surface area contributed by atoms with Crippen molar-refractivity contribution in [2.24, 2.45) is 11.7 Å². The van der Waals surface area contributed by atoms with Crippen LogP contribution in [0.4, 0.5) is 0 Å². The first-order chi connectivity index (χ1) is 8.63. The highest BCUT2D eigenvalue weighted by atomic mass is 16.4. The molecule has 0 spiro atoms. The third-order valence-corrected chi connectivity index (χ3v) is 3.71. The maximum atomic E-state index is 11.1. The molecule has 0 aliphatic heterocycles. The quantitative estimate of drug-likeness (QED) is 0.840. The molecule has 0 aromatic carbocycles. The molecule has 0 radical (unpaired) electrons. The lowest BCUT2D eigenvalue weighted by molar-refractivity contribution is 0.0689. The molecule has 1 fully saturated rings.